The Hall–Kier alpha value is -1.35. The third-order valence-electron chi connectivity index (χ3n) is 3.11. The molecule has 1 amide bonds. The molecule has 2 aliphatic heterocycles. The number of para-hydroxylation sites is 1. The molecule has 3 heteroatoms. The fourth-order valence-electron chi connectivity index (χ4n) is 2.42. The maximum absolute atomic E-state index is 11.7. The van der Waals surface area contributed by atoms with E-state index in [1.54, 1.807) is 0 Å². The van der Waals surface area contributed by atoms with Crippen molar-refractivity contribution in [3.05, 3.63) is 29.8 Å². The number of anilines is 1. The highest BCUT2D eigenvalue weighted by Gasteiger charge is 2.38. The van der Waals surface area contributed by atoms with E-state index in [0.717, 1.165) is 18.7 Å². The molecule has 2 atom stereocenters. The van der Waals surface area contributed by atoms with Crippen molar-refractivity contribution >= 4 is 11.6 Å². The van der Waals surface area contributed by atoms with E-state index in [1.165, 1.54) is 5.56 Å². The molecular formula is C11H12N2O. The van der Waals surface area contributed by atoms with Crippen LogP contribution in [0.5, 0.6) is 0 Å². The molecule has 14 heavy (non-hydrogen) atoms. The van der Waals surface area contributed by atoms with Crippen LogP contribution in [0.2, 0.25) is 0 Å². The maximum atomic E-state index is 11.7. The van der Waals surface area contributed by atoms with Crippen molar-refractivity contribution < 1.29 is 4.79 Å². The van der Waals surface area contributed by atoms with Gasteiger partial charge in [-0.3, -0.25) is 4.79 Å². The van der Waals surface area contributed by atoms with Gasteiger partial charge in [0.15, 0.2) is 0 Å². The molecule has 0 bridgehead atoms. The number of amides is 1. The Morgan fingerprint density at radius 2 is 2.14 bits per heavy atom. The van der Waals surface area contributed by atoms with Crippen molar-refractivity contribution in [3.8, 4) is 0 Å². The SMILES string of the molecule is O=C1Nc2ccccc2C2NCCC12. The number of fused-ring (bicyclic) bond motifs is 3. The molecule has 0 spiro atoms. The van der Waals surface area contributed by atoms with Crippen LogP contribution in [0, 0.1) is 5.92 Å². The Balaban J connectivity index is 2.11. The third kappa shape index (κ3) is 0.990. The van der Waals surface area contributed by atoms with Crippen molar-refractivity contribution in [2.75, 3.05) is 11.9 Å². The van der Waals surface area contributed by atoms with Crippen molar-refractivity contribution in [2.45, 2.75) is 12.5 Å². The Morgan fingerprint density at radius 1 is 1.29 bits per heavy atom. The van der Waals surface area contributed by atoms with Gasteiger partial charge < -0.3 is 10.6 Å². The first kappa shape index (κ1) is 8.00. The molecule has 2 aliphatic rings. The van der Waals surface area contributed by atoms with Gasteiger partial charge in [-0.25, -0.2) is 0 Å². The van der Waals surface area contributed by atoms with E-state index in [-0.39, 0.29) is 17.9 Å². The smallest absolute Gasteiger partial charge is 0.229 e. The number of carbonyl (C=O) groups is 1. The normalized spacial score (nSPS) is 29.3. The predicted octanol–water partition coefficient (Wildman–Crippen LogP) is 1.29. The summed E-state index contributed by atoms with van der Waals surface area (Å²) >= 11 is 0. The van der Waals surface area contributed by atoms with Crippen LogP contribution in [0.25, 0.3) is 0 Å². The zero-order valence-electron chi connectivity index (χ0n) is 7.79. The average molecular weight is 188 g/mol. The molecule has 1 aromatic rings. The summed E-state index contributed by atoms with van der Waals surface area (Å²) in [7, 11) is 0. The van der Waals surface area contributed by atoms with Crippen LogP contribution in [-0.4, -0.2) is 12.5 Å². The van der Waals surface area contributed by atoms with Gasteiger partial charge in [0.05, 0.1) is 5.92 Å². The molecule has 3 nitrogen and oxygen atoms in total. The first-order chi connectivity index (χ1) is 6.86. The van der Waals surface area contributed by atoms with Crippen molar-refractivity contribution in [3.63, 3.8) is 0 Å². The fraction of sp³-hybridized carbons (Fsp3) is 0.364. The van der Waals surface area contributed by atoms with Crippen LogP contribution < -0.4 is 10.6 Å². The second-order valence-corrected chi connectivity index (χ2v) is 3.90. The van der Waals surface area contributed by atoms with Gasteiger partial charge in [0, 0.05) is 11.7 Å². The Bertz CT molecular complexity index is 389. The van der Waals surface area contributed by atoms with Gasteiger partial charge in [0.1, 0.15) is 0 Å². The van der Waals surface area contributed by atoms with E-state index in [9.17, 15) is 4.79 Å². The molecule has 2 unspecified atom stereocenters. The second kappa shape index (κ2) is 2.82. The molecule has 2 heterocycles. The van der Waals surface area contributed by atoms with Crippen LogP contribution in [-0.2, 0) is 4.79 Å². The van der Waals surface area contributed by atoms with E-state index in [0.29, 0.717) is 0 Å². The summed E-state index contributed by atoms with van der Waals surface area (Å²) in [5.41, 5.74) is 2.20. The molecule has 0 aliphatic carbocycles. The van der Waals surface area contributed by atoms with Gasteiger partial charge in [-0.05, 0) is 24.6 Å². The monoisotopic (exact) mass is 188 g/mol. The van der Waals surface area contributed by atoms with E-state index < -0.39 is 0 Å². The Labute approximate surface area is 82.5 Å². The molecular weight excluding hydrogens is 176 g/mol. The molecule has 72 valence electrons. The quantitative estimate of drug-likeness (QED) is 0.644. The van der Waals surface area contributed by atoms with Crippen molar-refractivity contribution in [2.24, 2.45) is 5.92 Å². The van der Waals surface area contributed by atoms with E-state index in [2.05, 4.69) is 16.7 Å². The molecule has 1 fully saturated rings. The van der Waals surface area contributed by atoms with Crippen molar-refractivity contribution in [1.82, 2.24) is 5.32 Å². The molecule has 2 N–H and O–H groups in total. The minimum Gasteiger partial charge on any atom is -0.325 e. The van der Waals surface area contributed by atoms with E-state index in [4.69, 9.17) is 0 Å². The van der Waals surface area contributed by atoms with Gasteiger partial charge in [-0.15, -0.1) is 0 Å². The van der Waals surface area contributed by atoms with Gasteiger partial charge in [-0.2, -0.15) is 0 Å². The zero-order chi connectivity index (χ0) is 9.54. The average Bonchev–Trinajstić information content (AvgIpc) is 2.67. The number of hydrogen-bond acceptors (Lipinski definition) is 2. The minimum absolute atomic E-state index is 0.130. The lowest BCUT2D eigenvalue weighted by molar-refractivity contribution is -0.120. The molecule has 0 radical (unpaired) electrons. The van der Waals surface area contributed by atoms with Crippen molar-refractivity contribution in [1.29, 1.82) is 0 Å². The number of carbonyl (C=O) groups excluding carboxylic acids is 1. The fourth-order valence-corrected chi connectivity index (χ4v) is 2.42. The molecule has 0 aromatic heterocycles. The lowest BCUT2D eigenvalue weighted by Gasteiger charge is -2.27. The largest absolute Gasteiger partial charge is 0.325 e. The van der Waals surface area contributed by atoms with Gasteiger partial charge in [0.2, 0.25) is 5.91 Å². The summed E-state index contributed by atoms with van der Waals surface area (Å²) in [4.78, 5) is 11.7. The van der Waals surface area contributed by atoms with Crippen LogP contribution in [0.4, 0.5) is 5.69 Å². The van der Waals surface area contributed by atoms with Crippen LogP contribution in [0.1, 0.15) is 18.0 Å². The summed E-state index contributed by atoms with van der Waals surface area (Å²) in [5, 5.41) is 6.34. The van der Waals surface area contributed by atoms with E-state index in [1.807, 2.05) is 18.2 Å². The summed E-state index contributed by atoms with van der Waals surface area (Å²) in [6.45, 7) is 0.942. The highest BCUT2D eigenvalue weighted by Crippen LogP contribution is 2.38. The highest BCUT2D eigenvalue weighted by atomic mass is 16.2. The van der Waals surface area contributed by atoms with Crippen LogP contribution >= 0.6 is 0 Å². The van der Waals surface area contributed by atoms with Gasteiger partial charge >= 0.3 is 0 Å². The first-order valence-corrected chi connectivity index (χ1v) is 4.99. The standard InChI is InChI=1S/C11H12N2O/c14-11-8-5-6-12-10(8)7-3-1-2-4-9(7)13-11/h1-4,8,10,12H,5-6H2,(H,13,14). The van der Waals surface area contributed by atoms with Gasteiger partial charge in [-0.1, -0.05) is 18.2 Å². The number of nitrogens with one attached hydrogen (secondary N) is 2. The maximum Gasteiger partial charge on any atom is 0.229 e. The molecule has 1 saturated heterocycles. The molecule has 1 aromatic carbocycles. The minimum atomic E-state index is 0.130. The number of rotatable bonds is 0. The number of benzene rings is 1. The van der Waals surface area contributed by atoms with Gasteiger partial charge in [0.25, 0.3) is 0 Å². The zero-order valence-corrected chi connectivity index (χ0v) is 7.79. The second-order valence-electron chi connectivity index (χ2n) is 3.90. The third-order valence-corrected chi connectivity index (χ3v) is 3.11. The molecule has 0 saturated carbocycles. The Morgan fingerprint density at radius 3 is 3.07 bits per heavy atom. The summed E-state index contributed by atoms with van der Waals surface area (Å²) < 4.78 is 0. The van der Waals surface area contributed by atoms with Crippen LogP contribution in [0.3, 0.4) is 0 Å². The molecule has 3 rings (SSSR count). The van der Waals surface area contributed by atoms with Crippen LogP contribution in [0.15, 0.2) is 24.3 Å². The lowest BCUT2D eigenvalue weighted by atomic mass is 9.89. The summed E-state index contributed by atoms with van der Waals surface area (Å²) in [6, 6.07) is 8.26. The topological polar surface area (TPSA) is 41.1 Å². The highest BCUT2D eigenvalue weighted by molar-refractivity contribution is 5.96. The number of hydrogen-bond donors (Lipinski definition) is 2. The lowest BCUT2D eigenvalue weighted by Crippen LogP contribution is -2.33. The first-order valence-electron chi connectivity index (χ1n) is 4.99. The van der Waals surface area contributed by atoms with E-state index >= 15 is 0 Å². The Kier molecular flexibility index (Phi) is 1.61. The predicted molar refractivity (Wildman–Crippen MR) is 53.9 cm³/mol. The summed E-state index contributed by atoms with van der Waals surface area (Å²) in [6.07, 6.45) is 0.949. The summed E-state index contributed by atoms with van der Waals surface area (Å²) in [5.74, 6) is 0.295.